The molecule has 0 saturated heterocycles. The summed E-state index contributed by atoms with van der Waals surface area (Å²) >= 11 is 12.2. The number of nitrogens with one attached hydrogen (secondary N) is 5. The van der Waals surface area contributed by atoms with E-state index < -0.39 is 50.1 Å². The summed E-state index contributed by atoms with van der Waals surface area (Å²) in [5.41, 5.74) is 22.0. The standard InChI is InChI=1S/C26H27F3N4O6S2.C24H18N2O4S.C21H21ClN2O3.C19H20N2O2S.C17H16N2OS/c1-38-17-10-9-14(12-18(17)39-2)16-13-20(26(27,28)29)32-25(31-16)41(36,37)11-5-8-21(34)33-24-22(23(30)35)15-6-3-4-7-19(15)40-24;1-3-26-18-7-5-4-6-16(18)22-17(24(26)29)12-20(31-22)23(28)25-14-8-9-15-13(2)10-21(27)30-19(15)11-14;1-25-18-10-13(11-19(26-2)21(18)27-3)23-20-14-5-4-6-16(14)24-17-8-7-12(22)9-15(17)20;1-12-4-6-17-15(10-12)13(2)21-16-11-14(5-7-18(16)24-17)19(22)20-8-9-23-3;1-10-4-6-15-13(8-10)11(2)19-14-9-12(17(20)18-3)5-7-16(14)21-15/h9-10,12-13H,3-8,11H2,1-2H3,(H2,30,35)(H,33,34);4-12H,3H2,1-2H3,(H,25,28);7-11H,4-6H2,1-3H3,(H,23,24);4-7,10-11H,8-9H2,1-3H3,(H,20,22);4-9H,1-3H3,(H,18,20). The van der Waals surface area contributed by atoms with Crippen LogP contribution in [0.1, 0.15) is 149 Å². The molecule has 4 aliphatic rings. The number of benzene rings is 9. The molecule has 28 nitrogen and oxygen atoms in total. The maximum absolute atomic E-state index is 13.6. The summed E-state index contributed by atoms with van der Waals surface area (Å²) in [6, 6.07) is 54.6. The number of thiophene rings is 2. The van der Waals surface area contributed by atoms with Gasteiger partial charge in [0, 0.05) is 165 Å². The fraction of sp³-hybridized carbons (Fsp3) is 0.252. The monoisotopic (exact) mass is 2060 g/mol. The number of hydrogen-bond donors (Lipinski definition) is 6. The zero-order valence-corrected chi connectivity index (χ0v) is 85.7. The van der Waals surface area contributed by atoms with Crippen LogP contribution >= 0.6 is 57.8 Å². The molecule has 0 fully saturated rings. The summed E-state index contributed by atoms with van der Waals surface area (Å²) in [6.45, 7) is 13.5. The lowest BCUT2D eigenvalue weighted by Gasteiger charge is -2.18. The minimum atomic E-state index is -4.95. The Balaban J connectivity index is 0.000000138. The third-order valence-corrected chi connectivity index (χ3v) is 30.5. The van der Waals surface area contributed by atoms with Gasteiger partial charge in [0.05, 0.1) is 97.5 Å². The number of rotatable bonds is 23. The number of methoxy groups -OCH3 is 6. The fourth-order valence-corrected chi connectivity index (χ4v) is 22.8. The summed E-state index contributed by atoms with van der Waals surface area (Å²) in [4.78, 5) is 114. The minimum absolute atomic E-state index is 0.0896. The van der Waals surface area contributed by atoms with Gasteiger partial charge in [0.2, 0.25) is 26.7 Å². The number of hydrogen-bond acceptors (Lipinski definition) is 26. The van der Waals surface area contributed by atoms with E-state index in [1.54, 1.807) is 81.8 Å². The number of fused-ring (bicyclic) bond motifs is 11. The lowest BCUT2D eigenvalue weighted by Crippen LogP contribution is -2.26. The van der Waals surface area contributed by atoms with Crippen molar-refractivity contribution >= 4 is 185 Å². The SMILES string of the molecule is CCn1c(=O)c2cc(C(=O)Nc3ccc4c(C)cc(=O)oc4c3)sc2c2ccccc21.CNC(=O)c1ccc2c(c1)N=C(C)c1cc(C)ccc1S2.COCCNC(=O)c1ccc2c(c1)N=C(C)c1cc(C)ccc1S2.COc1cc(Nc2c3c(nc4ccc(Cl)cc24)CCC3)cc(OC)c1OC.COc1ccc(-c2cc(C(F)(F)F)nc(S(=O)(=O)CCCC(=O)Nc3sc4c(c3C(N)=O)CCCC4)n2)cc1OC. The number of amides is 5. The zero-order valence-electron chi connectivity index (χ0n) is 80.9. The van der Waals surface area contributed by atoms with E-state index in [1.807, 2.05) is 125 Å². The van der Waals surface area contributed by atoms with Crippen LogP contribution in [-0.4, -0.2) is 138 Å². The molecule has 15 aromatic rings. The first kappa shape index (κ1) is 104. The van der Waals surface area contributed by atoms with Gasteiger partial charge < -0.3 is 69.7 Å². The van der Waals surface area contributed by atoms with Crippen molar-refractivity contribution in [1.82, 2.24) is 30.2 Å². The van der Waals surface area contributed by atoms with E-state index in [4.69, 9.17) is 65.1 Å². The highest BCUT2D eigenvalue weighted by molar-refractivity contribution is 8.00. The van der Waals surface area contributed by atoms with Crippen molar-refractivity contribution in [2.45, 2.75) is 137 Å². The van der Waals surface area contributed by atoms with Crippen molar-refractivity contribution in [2.75, 3.05) is 84.6 Å². The lowest BCUT2D eigenvalue weighted by molar-refractivity contribution is -0.141. The zero-order chi connectivity index (χ0) is 103. The normalized spacial score (nSPS) is 12.6. The molecule has 6 aromatic heterocycles. The minimum Gasteiger partial charge on any atom is -0.493 e. The van der Waals surface area contributed by atoms with E-state index in [0.717, 1.165) is 147 Å². The maximum Gasteiger partial charge on any atom is 0.433 e. The van der Waals surface area contributed by atoms with Gasteiger partial charge in [-0.3, -0.25) is 43.7 Å². The van der Waals surface area contributed by atoms with Crippen molar-refractivity contribution in [1.29, 1.82) is 0 Å². The van der Waals surface area contributed by atoms with Gasteiger partial charge in [0.15, 0.2) is 23.0 Å². The third kappa shape index (κ3) is 23.6. The van der Waals surface area contributed by atoms with Gasteiger partial charge in [-0.1, -0.05) is 76.6 Å². The molecule has 144 heavy (non-hydrogen) atoms. The van der Waals surface area contributed by atoms with E-state index in [2.05, 4.69) is 86.8 Å². The number of halogens is 4. The van der Waals surface area contributed by atoms with Gasteiger partial charge in [0.25, 0.3) is 29.2 Å². The quantitative estimate of drug-likeness (QED) is 0.0197. The lowest BCUT2D eigenvalue weighted by atomic mass is 9.95. The van der Waals surface area contributed by atoms with Crippen LogP contribution in [0.5, 0.6) is 28.7 Å². The Kier molecular flexibility index (Phi) is 32.9. The molecule has 0 saturated carbocycles. The summed E-state index contributed by atoms with van der Waals surface area (Å²) in [6.07, 6.45) is 0.972. The Labute approximate surface area is 849 Å². The molecule has 0 radical (unpaired) electrons. The highest BCUT2D eigenvalue weighted by Gasteiger charge is 2.37. The Hall–Kier alpha value is -14.3. The summed E-state index contributed by atoms with van der Waals surface area (Å²) in [5.74, 6) is -0.112. The number of ether oxygens (including phenoxy) is 6. The van der Waals surface area contributed by atoms with Crippen LogP contribution < -0.4 is 67.2 Å². The highest BCUT2D eigenvalue weighted by atomic mass is 35.5. The number of pyridine rings is 2. The second-order valence-electron chi connectivity index (χ2n) is 33.8. The number of anilines is 4. The van der Waals surface area contributed by atoms with Crippen LogP contribution in [0.2, 0.25) is 5.02 Å². The van der Waals surface area contributed by atoms with Gasteiger partial charge in [-0.05, 0) is 237 Å². The van der Waals surface area contributed by atoms with Crippen LogP contribution in [0.25, 0.3) is 54.1 Å². The first-order valence-electron chi connectivity index (χ1n) is 45.8. The predicted octanol–water partition coefficient (Wildman–Crippen LogP) is 22.4. The number of para-hydroxylation sites is 1. The summed E-state index contributed by atoms with van der Waals surface area (Å²) in [7, 11) is 6.38. The molecular weight excluding hydrogens is 1960 g/mol. The molecule has 0 bridgehead atoms. The molecule has 0 spiro atoms. The second kappa shape index (κ2) is 45.5. The number of sulfone groups is 1. The van der Waals surface area contributed by atoms with Crippen LogP contribution in [-0.2, 0) is 57.8 Å². The molecule has 2 aliphatic carbocycles. The average Bonchev–Trinajstić information content (AvgIpc) is 1.60. The fourth-order valence-electron chi connectivity index (χ4n) is 17.0. The van der Waals surface area contributed by atoms with Gasteiger partial charge in [0.1, 0.15) is 16.3 Å². The van der Waals surface area contributed by atoms with E-state index in [1.165, 1.54) is 87.6 Å². The van der Waals surface area contributed by atoms with Crippen molar-refractivity contribution in [2.24, 2.45) is 15.7 Å². The Morgan fingerprint density at radius 1 is 0.590 bits per heavy atom. The second-order valence-corrected chi connectivity index (χ2v) is 40.6. The first-order chi connectivity index (χ1) is 69.1. The molecule has 0 atom stereocenters. The Bertz CT molecular complexity index is 7870. The number of carbonyl (C=O) groups excluding carboxylic acids is 5. The largest absolute Gasteiger partial charge is 0.493 e. The van der Waals surface area contributed by atoms with Gasteiger partial charge >= 0.3 is 11.8 Å². The van der Waals surface area contributed by atoms with Gasteiger partial charge in [-0.15, -0.1) is 22.7 Å². The number of carbonyl (C=O) groups is 5. The molecule has 9 aromatic carbocycles. The number of nitrogens with zero attached hydrogens (tertiary/aromatic N) is 6. The van der Waals surface area contributed by atoms with Crippen molar-refractivity contribution in [3.63, 3.8) is 0 Å². The van der Waals surface area contributed by atoms with Crippen molar-refractivity contribution in [3.8, 4) is 40.0 Å². The number of nitrogens with two attached hydrogens (primary N) is 1. The molecule has 744 valence electrons. The van der Waals surface area contributed by atoms with E-state index >= 15 is 0 Å². The number of alkyl halides is 3. The smallest absolute Gasteiger partial charge is 0.433 e. The average molecular weight is 2060 g/mol. The molecule has 0 unspecified atom stereocenters. The van der Waals surface area contributed by atoms with Gasteiger partial charge in [-0.25, -0.2) is 23.2 Å². The van der Waals surface area contributed by atoms with E-state index in [9.17, 15) is 55.2 Å². The van der Waals surface area contributed by atoms with Crippen LogP contribution in [0, 0.1) is 20.8 Å². The van der Waals surface area contributed by atoms with Crippen LogP contribution in [0.3, 0.4) is 0 Å². The topological polar surface area (TPSA) is 377 Å². The number of aryl methyl sites for hydroxylation is 6. The van der Waals surface area contributed by atoms with Gasteiger partial charge in [-0.2, -0.15) is 13.2 Å². The van der Waals surface area contributed by atoms with Crippen molar-refractivity contribution < 1.29 is 78.4 Å². The summed E-state index contributed by atoms with van der Waals surface area (Å²) in [5, 5.41) is 17.8. The molecule has 5 amide bonds. The number of aliphatic imine (C=N–C) groups is 2. The number of aromatic nitrogens is 4. The van der Waals surface area contributed by atoms with E-state index in [-0.39, 0.29) is 58.7 Å². The first-order valence-corrected chi connectivity index (χ1v) is 51.1. The van der Waals surface area contributed by atoms with Crippen molar-refractivity contribution in [3.05, 3.63) is 285 Å². The molecular formula is C107H102ClF3N12O16S5. The Morgan fingerprint density at radius 3 is 1.87 bits per heavy atom. The molecule has 8 heterocycles. The molecule has 2 aliphatic heterocycles. The third-order valence-electron chi connectivity index (χ3n) is 24.1. The molecule has 19 rings (SSSR count). The van der Waals surface area contributed by atoms with Crippen LogP contribution in [0.15, 0.2) is 231 Å². The summed E-state index contributed by atoms with van der Waals surface area (Å²) < 4.78 is 106. The van der Waals surface area contributed by atoms with Crippen LogP contribution in [0.4, 0.5) is 46.6 Å². The maximum atomic E-state index is 13.6. The predicted molar refractivity (Wildman–Crippen MR) is 562 cm³/mol. The molecule has 7 N–H and O–H groups in total. The Morgan fingerprint density at radius 2 is 1.24 bits per heavy atom. The molecule has 37 heteroatoms. The van der Waals surface area contributed by atoms with E-state index in [0.29, 0.717) is 97.9 Å². The highest BCUT2D eigenvalue weighted by Crippen LogP contribution is 2.48. The number of primary amides is 1.